The van der Waals surface area contributed by atoms with Crippen LogP contribution in [0.3, 0.4) is 0 Å². The van der Waals surface area contributed by atoms with E-state index in [0.29, 0.717) is 65.8 Å². The molecule has 3 rings (SSSR count). The monoisotopic (exact) mass is 543 g/mol. The fourth-order valence-electron chi connectivity index (χ4n) is 4.13. The molecule has 0 unspecified atom stereocenters. The predicted octanol–water partition coefficient (Wildman–Crippen LogP) is 5.99. The van der Waals surface area contributed by atoms with Crippen molar-refractivity contribution in [2.24, 2.45) is 0 Å². The van der Waals surface area contributed by atoms with Gasteiger partial charge in [-0.2, -0.15) is 0 Å². The van der Waals surface area contributed by atoms with Gasteiger partial charge in [-0.25, -0.2) is 4.79 Å². The molecule has 0 spiro atoms. The van der Waals surface area contributed by atoms with Gasteiger partial charge in [0, 0.05) is 19.1 Å². The van der Waals surface area contributed by atoms with Crippen LogP contribution < -0.4 is 5.32 Å². The van der Waals surface area contributed by atoms with Crippen molar-refractivity contribution >= 4 is 14.4 Å². The van der Waals surface area contributed by atoms with Gasteiger partial charge in [0.05, 0.1) is 39.6 Å². The van der Waals surface area contributed by atoms with E-state index < -0.39 is 14.4 Å². The standard InChI is InChI=1S/C30H45NO6Si/c1-30(2,3)38(4,5)37-22-21-35-20-19-34-18-17-33-16-10-15-31-29(32)36-23-28-26-13-8-6-11-24(26)25-12-7-9-14-27(25)28/h6-9,11-14,28H,10,15-23H2,1-5H3,(H,31,32). The summed E-state index contributed by atoms with van der Waals surface area (Å²) < 4.78 is 28.3. The molecule has 1 N–H and O–H groups in total. The summed E-state index contributed by atoms with van der Waals surface area (Å²) in [5, 5.41) is 3.02. The van der Waals surface area contributed by atoms with Crippen LogP contribution in [-0.2, 0) is 23.4 Å². The lowest BCUT2D eigenvalue weighted by molar-refractivity contribution is 0.00825. The van der Waals surface area contributed by atoms with E-state index in [-0.39, 0.29) is 11.0 Å². The van der Waals surface area contributed by atoms with E-state index in [4.69, 9.17) is 23.4 Å². The number of carbonyl (C=O) groups excluding carboxylic acids is 1. The Kier molecular flexibility index (Phi) is 11.8. The first kappa shape index (κ1) is 30.3. The Morgan fingerprint density at radius 3 is 1.84 bits per heavy atom. The van der Waals surface area contributed by atoms with E-state index in [1.807, 2.05) is 24.3 Å². The van der Waals surface area contributed by atoms with Crippen molar-refractivity contribution in [3.63, 3.8) is 0 Å². The molecule has 0 atom stereocenters. The highest BCUT2D eigenvalue weighted by Gasteiger charge is 2.36. The molecule has 0 aromatic heterocycles. The van der Waals surface area contributed by atoms with Gasteiger partial charge < -0.3 is 28.7 Å². The van der Waals surface area contributed by atoms with Crippen LogP contribution in [0.4, 0.5) is 4.79 Å². The fourth-order valence-corrected chi connectivity index (χ4v) is 5.15. The molecule has 7 nitrogen and oxygen atoms in total. The van der Waals surface area contributed by atoms with Crippen LogP contribution in [0.15, 0.2) is 48.5 Å². The molecule has 0 radical (unpaired) electrons. The van der Waals surface area contributed by atoms with E-state index >= 15 is 0 Å². The van der Waals surface area contributed by atoms with Crippen LogP contribution in [0.5, 0.6) is 0 Å². The minimum atomic E-state index is -1.70. The minimum Gasteiger partial charge on any atom is -0.449 e. The third-order valence-electron chi connectivity index (χ3n) is 7.32. The van der Waals surface area contributed by atoms with Crippen molar-refractivity contribution in [2.45, 2.75) is 51.2 Å². The van der Waals surface area contributed by atoms with Crippen LogP contribution in [0.25, 0.3) is 11.1 Å². The molecule has 1 amide bonds. The SMILES string of the molecule is CC(C)(C)[Si](C)(C)OCCOCCOCCOCCCNC(=O)OCC1c2ccccc2-c2ccccc21. The van der Waals surface area contributed by atoms with E-state index in [1.165, 1.54) is 22.3 Å². The quantitative estimate of drug-likeness (QED) is 0.207. The van der Waals surface area contributed by atoms with Crippen LogP contribution in [0, 0.1) is 0 Å². The Morgan fingerprint density at radius 2 is 1.29 bits per heavy atom. The summed E-state index contributed by atoms with van der Waals surface area (Å²) in [6.45, 7) is 15.9. The van der Waals surface area contributed by atoms with E-state index in [0.717, 1.165) is 0 Å². The number of carbonyl (C=O) groups is 1. The van der Waals surface area contributed by atoms with Gasteiger partial charge in [-0.3, -0.25) is 0 Å². The van der Waals surface area contributed by atoms with E-state index in [9.17, 15) is 4.79 Å². The highest BCUT2D eigenvalue weighted by atomic mass is 28.4. The van der Waals surface area contributed by atoms with Gasteiger partial charge in [0.15, 0.2) is 8.32 Å². The first-order valence-electron chi connectivity index (χ1n) is 13.7. The highest BCUT2D eigenvalue weighted by Crippen LogP contribution is 2.44. The van der Waals surface area contributed by atoms with E-state index in [2.05, 4.69) is 63.4 Å². The Labute approximate surface area is 229 Å². The zero-order chi connectivity index (χ0) is 27.4. The summed E-state index contributed by atoms with van der Waals surface area (Å²) >= 11 is 0. The lowest BCUT2D eigenvalue weighted by Crippen LogP contribution is -2.41. The molecule has 38 heavy (non-hydrogen) atoms. The number of hydrogen-bond acceptors (Lipinski definition) is 6. The number of alkyl carbamates (subject to hydrolysis) is 1. The third-order valence-corrected chi connectivity index (χ3v) is 11.9. The topological polar surface area (TPSA) is 75.3 Å². The molecular weight excluding hydrogens is 498 g/mol. The highest BCUT2D eigenvalue weighted by molar-refractivity contribution is 6.74. The van der Waals surface area contributed by atoms with Gasteiger partial charge in [-0.05, 0) is 46.8 Å². The smallest absolute Gasteiger partial charge is 0.407 e. The Hall–Kier alpha value is -2.23. The molecule has 0 aliphatic heterocycles. The number of nitrogens with one attached hydrogen (secondary N) is 1. The lowest BCUT2D eigenvalue weighted by Gasteiger charge is -2.36. The molecule has 2 aromatic carbocycles. The van der Waals surface area contributed by atoms with Crippen LogP contribution >= 0.6 is 0 Å². The number of benzene rings is 2. The molecule has 0 fully saturated rings. The zero-order valence-electron chi connectivity index (χ0n) is 23.7. The second kappa shape index (κ2) is 14.8. The van der Waals surface area contributed by atoms with E-state index in [1.54, 1.807) is 0 Å². The summed E-state index contributed by atoms with van der Waals surface area (Å²) in [5.41, 5.74) is 4.86. The summed E-state index contributed by atoms with van der Waals surface area (Å²) in [7, 11) is -1.70. The minimum absolute atomic E-state index is 0.0671. The molecule has 0 saturated heterocycles. The fraction of sp³-hybridized carbons (Fsp3) is 0.567. The Bertz CT molecular complexity index is 961. The van der Waals surface area contributed by atoms with Gasteiger partial charge in [0.25, 0.3) is 0 Å². The maximum absolute atomic E-state index is 12.2. The average molecular weight is 544 g/mol. The summed E-state index contributed by atoms with van der Waals surface area (Å²) in [5.74, 6) is 0.0671. The Balaban J connectivity index is 1.15. The lowest BCUT2D eigenvalue weighted by atomic mass is 9.98. The molecule has 8 heteroatoms. The summed E-state index contributed by atoms with van der Waals surface area (Å²) in [6, 6.07) is 16.6. The molecule has 2 aromatic rings. The van der Waals surface area contributed by atoms with Crippen LogP contribution in [0.2, 0.25) is 18.1 Å². The van der Waals surface area contributed by atoms with Crippen molar-refractivity contribution in [1.29, 1.82) is 0 Å². The van der Waals surface area contributed by atoms with Gasteiger partial charge in [-0.15, -0.1) is 0 Å². The molecular formula is C30H45NO6Si. The predicted molar refractivity (Wildman–Crippen MR) is 153 cm³/mol. The first-order chi connectivity index (χ1) is 18.2. The summed E-state index contributed by atoms with van der Waals surface area (Å²) in [6.07, 6.45) is 0.312. The van der Waals surface area contributed by atoms with Crippen molar-refractivity contribution in [3.8, 4) is 11.1 Å². The number of amides is 1. The van der Waals surface area contributed by atoms with Gasteiger partial charge in [0.1, 0.15) is 6.61 Å². The van der Waals surface area contributed by atoms with Gasteiger partial charge in [-0.1, -0.05) is 69.3 Å². The molecule has 0 heterocycles. The third kappa shape index (κ3) is 8.92. The number of hydrogen-bond donors (Lipinski definition) is 1. The molecule has 1 aliphatic carbocycles. The number of ether oxygens (including phenoxy) is 4. The molecule has 210 valence electrons. The van der Waals surface area contributed by atoms with Crippen LogP contribution in [0.1, 0.15) is 44.2 Å². The number of rotatable bonds is 16. The Morgan fingerprint density at radius 1 is 0.789 bits per heavy atom. The van der Waals surface area contributed by atoms with Crippen molar-refractivity contribution in [3.05, 3.63) is 59.7 Å². The van der Waals surface area contributed by atoms with Crippen LogP contribution in [-0.4, -0.2) is 73.8 Å². The second-order valence-corrected chi connectivity index (χ2v) is 15.9. The first-order valence-corrected chi connectivity index (χ1v) is 16.6. The largest absolute Gasteiger partial charge is 0.449 e. The van der Waals surface area contributed by atoms with Crippen molar-refractivity contribution in [1.82, 2.24) is 5.32 Å². The number of fused-ring (bicyclic) bond motifs is 3. The maximum atomic E-state index is 12.2. The molecule has 0 saturated carbocycles. The molecule has 0 bridgehead atoms. The van der Waals surface area contributed by atoms with Crippen molar-refractivity contribution < 1.29 is 28.2 Å². The van der Waals surface area contributed by atoms with Gasteiger partial charge in [0.2, 0.25) is 0 Å². The van der Waals surface area contributed by atoms with Crippen molar-refractivity contribution in [2.75, 3.05) is 59.4 Å². The molecule has 1 aliphatic rings. The normalized spacial score (nSPS) is 13.3. The maximum Gasteiger partial charge on any atom is 0.407 e. The average Bonchev–Trinajstić information content (AvgIpc) is 3.20. The zero-order valence-corrected chi connectivity index (χ0v) is 24.7. The second-order valence-electron chi connectivity index (χ2n) is 11.1. The van der Waals surface area contributed by atoms with Gasteiger partial charge >= 0.3 is 6.09 Å². The summed E-state index contributed by atoms with van der Waals surface area (Å²) in [4.78, 5) is 12.2.